The molecule has 0 saturated heterocycles. The average molecular weight is 381 g/mol. The molecule has 22 heavy (non-hydrogen) atoms. The summed E-state index contributed by atoms with van der Waals surface area (Å²) in [5, 5.41) is 11.6. The SMILES string of the molecule is COc1cccc([C@H](C)SC)c1[Se]CC(O)c1ccccc1. The molecule has 2 aromatic carbocycles. The van der Waals surface area contributed by atoms with Crippen LogP contribution < -0.4 is 9.20 Å². The maximum absolute atomic E-state index is 10.4. The van der Waals surface area contributed by atoms with Crippen molar-refractivity contribution in [1.29, 1.82) is 0 Å². The van der Waals surface area contributed by atoms with Crippen molar-refractivity contribution in [3.8, 4) is 5.75 Å². The Morgan fingerprint density at radius 2 is 1.86 bits per heavy atom. The number of methoxy groups -OCH3 is 1. The van der Waals surface area contributed by atoms with Gasteiger partial charge in [-0.3, -0.25) is 0 Å². The molecular formula is C18H22O2SSe. The van der Waals surface area contributed by atoms with Gasteiger partial charge in [0.1, 0.15) is 0 Å². The molecule has 0 aliphatic rings. The van der Waals surface area contributed by atoms with E-state index in [1.54, 1.807) is 7.11 Å². The van der Waals surface area contributed by atoms with Gasteiger partial charge in [-0.1, -0.05) is 0 Å². The van der Waals surface area contributed by atoms with Crippen LogP contribution in [-0.4, -0.2) is 33.4 Å². The van der Waals surface area contributed by atoms with Crippen LogP contribution in [0, 0.1) is 0 Å². The van der Waals surface area contributed by atoms with Crippen molar-refractivity contribution in [3.63, 3.8) is 0 Å². The number of aliphatic hydroxyl groups excluding tert-OH is 1. The van der Waals surface area contributed by atoms with Crippen LogP contribution in [0.3, 0.4) is 0 Å². The number of rotatable bonds is 7. The Morgan fingerprint density at radius 3 is 2.50 bits per heavy atom. The number of hydrogen-bond donors (Lipinski definition) is 1. The van der Waals surface area contributed by atoms with Crippen LogP contribution >= 0.6 is 11.8 Å². The van der Waals surface area contributed by atoms with Crippen LogP contribution in [0.15, 0.2) is 48.5 Å². The van der Waals surface area contributed by atoms with Crippen LogP contribution in [0.25, 0.3) is 0 Å². The van der Waals surface area contributed by atoms with Crippen molar-refractivity contribution >= 4 is 31.2 Å². The van der Waals surface area contributed by atoms with Gasteiger partial charge in [0.25, 0.3) is 0 Å². The van der Waals surface area contributed by atoms with E-state index in [0.29, 0.717) is 5.25 Å². The van der Waals surface area contributed by atoms with E-state index in [9.17, 15) is 5.11 Å². The van der Waals surface area contributed by atoms with Gasteiger partial charge >= 0.3 is 143 Å². The molecule has 0 saturated carbocycles. The first-order valence-electron chi connectivity index (χ1n) is 7.22. The second kappa shape index (κ2) is 8.64. The Hall–Kier alpha value is -0.931. The molecule has 118 valence electrons. The number of aliphatic hydroxyl groups is 1. The van der Waals surface area contributed by atoms with E-state index in [1.807, 2.05) is 54.2 Å². The molecule has 2 nitrogen and oxygen atoms in total. The third-order valence-corrected chi connectivity index (χ3v) is 7.09. The predicted molar refractivity (Wildman–Crippen MR) is 96.5 cm³/mol. The molecule has 1 unspecified atom stereocenters. The summed E-state index contributed by atoms with van der Waals surface area (Å²) in [4.78, 5) is 0. The number of thioether (sulfide) groups is 1. The van der Waals surface area contributed by atoms with Crippen molar-refractivity contribution in [2.75, 3.05) is 13.4 Å². The van der Waals surface area contributed by atoms with Crippen molar-refractivity contribution in [2.24, 2.45) is 0 Å². The summed E-state index contributed by atoms with van der Waals surface area (Å²) in [5.41, 5.74) is 2.31. The van der Waals surface area contributed by atoms with E-state index in [1.165, 1.54) is 10.0 Å². The molecule has 0 aliphatic carbocycles. The quantitative estimate of drug-likeness (QED) is 0.744. The molecule has 2 rings (SSSR count). The molecule has 0 spiro atoms. The molecule has 0 fully saturated rings. The van der Waals surface area contributed by atoms with Crippen LogP contribution in [0.5, 0.6) is 5.75 Å². The van der Waals surface area contributed by atoms with E-state index in [4.69, 9.17) is 4.74 Å². The van der Waals surface area contributed by atoms with Gasteiger partial charge in [-0.2, -0.15) is 0 Å². The zero-order chi connectivity index (χ0) is 15.9. The molecule has 2 atom stereocenters. The van der Waals surface area contributed by atoms with Crippen LogP contribution in [0.1, 0.15) is 29.4 Å². The summed E-state index contributed by atoms with van der Waals surface area (Å²) in [5.74, 6) is 0.943. The Morgan fingerprint density at radius 1 is 1.14 bits per heavy atom. The Labute approximate surface area is 143 Å². The van der Waals surface area contributed by atoms with Crippen molar-refractivity contribution in [2.45, 2.75) is 23.6 Å². The molecular weight excluding hydrogens is 359 g/mol. The van der Waals surface area contributed by atoms with Gasteiger partial charge < -0.3 is 0 Å². The van der Waals surface area contributed by atoms with E-state index >= 15 is 0 Å². The van der Waals surface area contributed by atoms with E-state index < -0.39 is 6.10 Å². The molecule has 0 heterocycles. The maximum atomic E-state index is 10.4. The monoisotopic (exact) mass is 382 g/mol. The molecule has 0 amide bonds. The molecule has 0 aromatic heterocycles. The zero-order valence-corrected chi connectivity index (χ0v) is 15.7. The molecule has 0 bridgehead atoms. The van der Waals surface area contributed by atoms with Gasteiger partial charge in [0, 0.05) is 0 Å². The topological polar surface area (TPSA) is 29.5 Å². The summed E-state index contributed by atoms with van der Waals surface area (Å²) in [6, 6.07) is 16.1. The van der Waals surface area contributed by atoms with Gasteiger partial charge in [0.2, 0.25) is 0 Å². The Balaban J connectivity index is 2.18. The van der Waals surface area contributed by atoms with E-state index in [0.717, 1.165) is 16.6 Å². The third kappa shape index (κ3) is 4.30. The molecule has 4 heteroatoms. The molecule has 1 N–H and O–H groups in total. The summed E-state index contributed by atoms with van der Waals surface area (Å²) < 4.78 is 6.82. The fraction of sp³-hybridized carbons (Fsp3) is 0.333. The van der Waals surface area contributed by atoms with E-state index in [2.05, 4.69) is 19.2 Å². The number of hydrogen-bond acceptors (Lipinski definition) is 3. The van der Waals surface area contributed by atoms with Gasteiger partial charge in [-0.05, 0) is 0 Å². The fourth-order valence-electron chi connectivity index (χ4n) is 2.23. The predicted octanol–water partition coefficient (Wildman–Crippen LogP) is 3.60. The summed E-state index contributed by atoms with van der Waals surface area (Å²) >= 11 is 2.00. The van der Waals surface area contributed by atoms with Gasteiger partial charge in [-0.25, -0.2) is 0 Å². The summed E-state index contributed by atoms with van der Waals surface area (Å²) in [6.45, 7) is 2.21. The second-order valence-corrected chi connectivity index (χ2v) is 8.33. The van der Waals surface area contributed by atoms with Gasteiger partial charge in [0.05, 0.1) is 0 Å². The number of ether oxygens (including phenoxy) is 1. The minimum atomic E-state index is -0.413. The van der Waals surface area contributed by atoms with Crippen LogP contribution in [-0.2, 0) is 0 Å². The first kappa shape index (κ1) is 17.4. The number of benzene rings is 2. The fourth-order valence-corrected chi connectivity index (χ4v) is 5.41. The molecule has 2 aromatic rings. The van der Waals surface area contributed by atoms with Crippen LogP contribution in [0.2, 0.25) is 5.32 Å². The first-order valence-corrected chi connectivity index (χ1v) is 10.6. The average Bonchev–Trinajstić information content (AvgIpc) is 2.59. The van der Waals surface area contributed by atoms with Crippen molar-refractivity contribution < 1.29 is 9.84 Å². The van der Waals surface area contributed by atoms with Gasteiger partial charge in [0.15, 0.2) is 0 Å². The second-order valence-electron chi connectivity index (χ2n) is 4.99. The van der Waals surface area contributed by atoms with Crippen molar-refractivity contribution in [1.82, 2.24) is 0 Å². The molecule has 0 aliphatic heterocycles. The minimum absolute atomic E-state index is 0.168. The van der Waals surface area contributed by atoms with Crippen molar-refractivity contribution in [3.05, 3.63) is 59.7 Å². The first-order chi connectivity index (χ1) is 10.7. The normalized spacial score (nSPS) is 13.6. The third-order valence-electron chi connectivity index (χ3n) is 3.59. The Kier molecular flexibility index (Phi) is 6.84. The van der Waals surface area contributed by atoms with Gasteiger partial charge in [-0.15, -0.1) is 0 Å². The summed E-state index contributed by atoms with van der Waals surface area (Å²) in [7, 11) is 1.72. The Bertz CT molecular complexity index is 589. The molecule has 0 radical (unpaired) electrons. The van der Waals surface area contributed by atoms with E-state index in [-0.39, 0.29) is 15.0 Å². The summed E-state index contributed by atoms with van der Waals surface area (Å²) in [6.07, 6.45) is 1.71. The standard InChI is InChI=1S/C18H22O2SSe/c1-13(21-3)15-10-7-11-17(20-2)18(15)22-12-16(19)14-8-5-4-6-9-14/h4-11,13,16,19H,12H2,1-3H3/t13-,16?/m0/s1. The van der Waals surface area contributed by atoms with Crippen LogP contribution in [0.4, 0.5) is 0 Å². The zero-order valence-electron chi connectivity index (χ0n) is 13.2.